The smallest absolute Gasteiger partial charge is 0.316 e. The third kappa shape index (κ3) is 4.58. The molecule has 0 spiro atoms. The summed E-state index contributed by atoms with van der Waals surface area (Å²) >= 11 is 0. The van der Waals surface area contributed by atoms with E-state index in [0.29, 0.717) is 24.3 Å². The summed E-state index contributed by atoms with van der Waals surface area (Å²) in [4.78, 5) is 25.1. The molecular formula is C23H24N4O4. The molecule has 3 aromatic rings. The number of ether oxygens (including phenoxy) is 3. The molecule has 1 aliphatic rings. The van der Waals surface area contributed by atoms with Gasteiger partial charge in [-0.2, -0.15) is 0 Å². The van der Waals surface area contributed by atoms with Crippen molar-refractivity contribution < 1.29 is 19.0 Å². The van der Waals surface area contributed by atoms with Gasteiger partial charge in [0.1, 0.15) is 18.1 Å². The van der Waals surface area contributed by atoms with Crippen molar-refractivity contribution in [1.29, 1.82) is 0 Å². The number of hydrogen-bond donors (Lipinski definition) is 1. The summed E-state index contributed by atoms with van der Waals surface area (Å²) in [6.07, 6.45) is 7.15. The monoisotopic (exact) mass is 420 g/mol. The van der Waals surface area contributed by atoms with Gasteiger partial charge in [-0.25, -0.2) is 9.97 Å². The van der Waals surface area contributed by atoms with Crippen LogP contribution in [0.15, 0.2) is 49.1 Å². The summed E-state index contributed by atoms with van der Waals surface area (Å²) in [6.45, 7) is 4.32. The molecule has 3 heterocycles. The average molecular weight is 420 g/mol. The largest absolute Gasteiger partial charge is 0.491 e. The normalized spacial score (nSPS) is 15.0. The second kappa shape index (κ2) is 8.99. The minimum absolute atomic E-state index is 0.0124. The quantitative estimate of drug-likeness (QED) is 0.655. The average Bonchev–Trinajstić information content (AvgIpc) is 2.79. The Morgan fingerprint density at radius 3 is 2.68 bits per heavy atom. The standard InChI is InChI=1S/C23H24N4O4/c1-14(2)31-20-7-6-19-18(21(20)16-11-25-23(29-3)26-12-16)9-17(13-30-19)27-22(28)15-5-4-8-24-10-15/h4-8,10-12,14,17H,9,13H2,1-3H3,(H,27,28)/t17-/m0/s1. The Morgan fingerprint density at radius 2 is 2.00 bits per heavy atom. The number of amides is 1. The molecule has 0 radical (unpaired) electrons. The number of rotatable bonds is 6. The van der Waals surface area contributed by atoms with E-state index in [9.17, 15) is 4.79 Å². The van der Waals surface area contributed by atoms with Crippen molar-refractivity contribution in [2.24, 2.45) is 0 Å². The van der Waals surface area contributed by atoms with Gasteiger partial charge in [-0.3, -0.25) is 9.78 Å². The highest BCUT2D eigenvalue weighted by atomic mass is 16.5. The number of hydrogen-bond acceptors (Lipinski definition) is 7. The highest BCUT2D eigenvalue weighted by molar-refractivity contribution is 5.94. The topological polar surface area (TPSA) is 95.5 Å². The highest BCUT2D eigenvalue weighted by Gasteiger charge is 2.27. The fourth-order valence-corrected chi connectivity index (χ4v) is 3.52. The van der Waals surface area contributed by atoms with Crippen LogP contribution in [0.1, 0.15) is 29.8 Å². The maximum absolute atomic E-state index is 12.6. The maximum Gasteiger partial charge on any atom is 0.316 e. The van der Waals surface area contributed by atoms with Gasteiger partial charge in [0.25, 0.3) is 5.91 Å². The molecule has 160 valence electrons. The van der Waals surface area contributed by atoms with Crippen LogP contribution in [0.4, 0.5) is 0 Å². The fourth-order valence-electron chi connectivity index (χ4n) is 3.52. The summed E-state index contributed by atoms with van der Waals surface area (Å²) < 4.78 is 17.1. The first-order valence-electron chi connectivity index (χ1n) is 10.1. The van der Waals surface area contributed by atoms with Crippen molar-refractivity contribution in [2.75, 3.05) is 13.7 Å². The molecule has 1 aliphatic heterocycles. The van der Waals surface area contributed by atoms with E-state index in [4.69, 9.17) is 14.2 Å². The Labute approximate surface area is 180 Å². The highest BCUT2D eigenvalue weighted by Crippen LogP contribution is 2.41. The van der Waals surface area contributed by atoms with Gasteiger partial charge in [0.2, 0.25) is 0 Å². The van der Waals surface area contributed by atoms with Crippen LogP contribution in [0.5, 0.6) is 17.5 Å². The lowest BCUT2D eigenvalue weighted by atomic mass is 9.93. The van der Waals surface area contributed by atoms with Gasteiger partial charge in [-0.1, -0.05) is 0 Å². The van der Waals surface area contributed by atoms with Crippen molar-refractivity contribution in [1.82, 2.24) is 20.3 Å². The molecular weight excluding hydrogens is 396 g/mol. The predicted molar refractivity (Wildman–Crippen MR) is 114 cm³/mol. The first-order valence-corrected chi connectivity index (χ1v) is 10.1. The van der Waals surface area contributed by atoms with E-state index in [0.717, 1.165) is 22.4 Å². The fraction of sp³-hybridized carbons (Fsp3) is 0.304. The molecule has 0 aliphatic carbocycles. The first kappa shape index (κ1) is 20.6. The molecule has 1 atom stereocenters. The lowest BCUT2D eigenvalue weighted by Crippen LogP contribution is -2.43. The van der Waals surface area contributed by atoms with Crippen LogP contribution < -0.4 is 19.5 Å². The summed E-state index contributed by atoms with van der Waals surface area (Å²) in [5.74, 6) is 1.29. The van der Waals surface area contributed by atoms with E-state index in [1.807, 2.05) is 26.0 Å². The van der Waals surface area contributed by atoms with Gasteiger partial charge in [-0.05, 0) is 38.1 Å². The van der Waals surface area contributed by atoms with Crippen molar-refractivity contribution in [3.63, 3.8) is 0 Å². The van der Waals surface area contributed by atoms with E-state index in [2.05, 4.69) is 20.3 Å². The molecule has 8 nitrogen and oxygen atoms in total. The van der Waals surface area contributed by atoms with E-state index < -0.39 is 0 Å². The molecule has 1 amide bonds. The Bertz CT molecular complexity index is 1060. The Balaban J connectivity index is 1.67. The summed E-state index contributed by atoms with van der Waals surface area (Å²) in [5, 5.41) is 3.04. The molecule has 0 unspecified atom stereocenters. The molecule has 0 fully saturated rings. The minimum Gasteiger partial charge on any atom is -0.491 e. The maximum atomic E-state index is 12.6. The molecule has 0 saturated heterocycles. The number of benzene rings is 1. The van der Waals surface area contributed by atoms with Gasteiger partial charge in [0.05, 0.1) is 24.8 Å². The third-order valence-corrected chi connectivity index (χ3v) is 4.84. The van der Waals surface area contributed by atoms with Crippen molar-refractivity contribution in [3.8, 4) is 28.6 Å². The SMILES string of the molecule is COc1ncc(-c2c(OC(C)C)ccc3c2C[C@H](NC(=O)c2cccnc2)CO3)cn1. The Morgan fingerprint density at radius 1 is 1.19 bits per heavy atom. The molecule has 31 heavy (non-hydrogen) atoms. The number of nitrogens with one attached hydrogen (secondary N) is 1. The molecule has 1 N–H and O–H groups in total. The Kier molecular flexibility index (Phi) is 5.97. The van der Waals surface area contributed by atoms with Crippen LogP contribution in [0, 0.1) is 0 Å². The Hall–Kier alpha value is -3.68. The van der Waals surface area contributed by atoms with E-state index in [-0.39, 0.29) is 24.1 Å². The summed E-state index contributed by atoms with van der Waals surface area (Å²) in [7, 11) is 1.52. The lowest BCUT2D eigenvalue weighted by Gasteiger charge is -2.29. The van der Waals surface area contributed by atoms with Crippen molar-refractivity contribution >= 4 is 5.91 Å². The minimum atomic E-state index is -0.201. The molecule has 8 heteroatoms. The van der Waals surface area contributed by atoms with Crippen LogP contribution in [0.2, 0.25) is 0 Å². The zero-order valence-corrected chi connectivity index (χ0v) is 17.7. The van der Waals surface area contributed by atoms with Crippen molar-refractivity contribution in [3.05, 3.63) is 60.2 Å². The summed E-state index contributed by atoms with van der Waals surface area (Å²) in [5.41, 5.74) is 3.09. The second-order valence-electron chi connectivity index (χ2n) is 7.47. The molecule has 0 saturated carbocycles. The van der Waals surface area contributed by atoms with Gasteiger partial charge < -0.3 is 19.5 Å². The number of carbonyl (C=O) groups excluding carboxylic acids is 1. The van der Waals surface area contributed by atoms with Crippen LogP contribution in [0.25, 0.3) is 11.1 Å². The van der Waals surface area contributed by atoms with Crippen molar-refractivity contribution in [2.45, 2.75) is 32.4 Å². The summed E-state index contributed by atoms with van der Waals surface area (Å²) in [6, 6.07) is 7.35. The van der Waals surface area contributed by atoms with E-state index in [1.165, 1.54) is 7.11 Å². The number of carbonyl (C=O) groups is 1. The van der Waals surface area contributed by atoms with Gasteiger partial charge in [0, 0.05) is 47.9 Å². The number of aromatic nitrogens is 3. The number of pyridine rings is 1. The zero-order valence-electron chi connectivity index (χ0n) is 17.7. The lowest BCUT2D eigenvalue weighted by molar-refractivity contribution is 0.0915. The van der Waals surface area contributed by atoms with E-state index >= 15 is 0 Å². The number of methoxy groups -OCH3 is 1. The number of nitrogens with zero attached hydrogens (tertiary/aromatic N) is 3. The van der Waals surface area contributed by atoms with Gasteiger partial charge in [-0.15, -0.1) is 0 Å². The zero-order chi connectivity index (χ0) is 21.8. The predicted octanol–water partition coefficient (Wildman–Crippen LogP) is 3.07. The molecule has 1 aromatic carbocycles. The second-order valence-corrected chi connectivity index (χ2v) is 7.47. The van der Waals surface area contributed by atoms with Crippen LogP contribution in [0.3, 0.4) is 0 Å². The van der Waals surface area contributed by atoms with Crippen LogP contribution >= 0.6 is 0 Å². The molecule has 2 aromatic heterocycles. The van der Waals surface area contributed by atoms with E-state index in [1.54, 1.807) is 36.9 Å². The molecule has 4 rings (SSSR count). The van der Waals surface area contributed by atoms with Gasteiger partial charge >= 0.3 is 6.01 Å². The van der Waals surface area contributed by atoms with Gasteiger partial charge in [0.15, 0.2) is 0 Å². The van der Waals surface area contributed by atoms with Crippen LogP contribution in [-0.4, -0.2) is 46.7 Å². The first-order chi connectivity index (χ1) is 15.0. The third-order valence-electron chi connectivity index (χ3n) is 4.84. The van der Waals surface area contributed by atoms with Crippen LogP contribution in [-0.2, 0) is 6.42 Å². The molecule has 0 bridgehead atoms. The number of fused-ring (bicyclic) bond motifs is 1.